The number of aliphatic hydroxyl groups is 1. The first-order chi connectivity index (χ1) is 13.7. The van der Waals surface area contributed by atoms with Crippen LogP contribution in [0.3, 0.4) is 0 Å². The molecular formula is C19H33N2O6PS. The van der Waals surface area contributed by atoms with E-state index >= 15 is 0 Å². The molecule has 2 heterocycles. The Balaban J connectivity index is 1.79. The first-order valence-corrected chi connectivity index (χ1v) is 13.3. The first kappa shape index (κ1) is 24.4. The Bertz CT molecular complexity index is 811. The minimum atomic E-state index is -2.42. The highest BCUT2D eigenvalue weighted by Crippen LogP contribution is 2.45. The van der Waals surface area contributed by atoms with Crippen molar-refractivity contribution in [1.82, 2.24) is 9.55 Å². The fourth-order valence-electron chi connectivity index (χ4n) is 3.19. The second-order valence-corrected chi connectivity index (χ2v) is 11.6. The number of unbranched alkanes of at least 4 members (excludes halogenated alkanes) is 5. The number of aryl methyl sites for hydroxylation is 1. The highest BCUT2D eigenvalue weighted by Gasteiger charge is 2.36. The van der Waals surface area contributed by atoms with Crippen molar-refractivity contribution in [3.05, 3.63) is 32.6 Å². The molecule has 0 radical (unpaired) electrons. The Labute approximate surface area is 176 Å². The Kier molecular flexibility index (Phi) is 9.72. The van der Waals surface area contributed by atoms with Gasteiger partial charge in [0, 0.05) is 24.8 Å². The molecule has 4 atom stereocenters. The van der Waals surface area contributed by atoms with Gasteiger partial charge in [-0.2, -0.15) is 0 Å². The van der Waals surface area contributed by atoms with Gasteiger partial charge in [0.15, 0.2) is 6.49 Å². The second kappa shape index (κ2) is 11.5. The summed E-state index contributed by atoms with van der Waals surface area (Å²) < 4.78 is 18.6. The van der Waals surface area contributed by atoms with Crippen LogP contribution in [0, 0.1) is 6.92 Å². The molecule has 2 rings (SSSR count). The number of H-pyrrole nitrogens is 1. The fraction of sp³-hybridized carbons (Fsp3) is 0.789. The van der Waals surface area contributed by atoms with Crippen molar-refractivity contribution in [2.75, 3.05) is 19.9 Å². The molecule has 1 fully saturated rings. The zero-order chi connectivity index (χ0) is 21.4. The van der Waals surface area contributed by atoms with Crippen molar-refractivity contribution in [2.24, 2.45) is 0 Å². The van der Waals surface area contributed by atoms with Crippen LogP contribution >= 0.6 is 6.49 Å². The molecule has 1 aromatic heterocycles. The summed E-state index contributed by atoms with van der Waals surface area (Å²) in [4.78, 5) is 25.8. The lowest BCUT2D eigenvalue weighted by Gasteiger charge is -2.22. The van der Waals surface area contributed by atoms with Crippen LogP contribution in [0.15, 0.2) is 15.8 Å². The van der Waals surface area contributed by atoms with Crippen LogP contribution in [-0.4, -0.2) is 46.7 Å². The minimum Gasteiger partial charge on any atom is -0.390 e. The van der Waals surface area contributed by atoms with E-state index in [1.165, 1.54) is 36.4 Å². The molecule has 0 amide bonds. The monoisotopic (exact) mass is 448 g/mol. The third-order valence-electron chi connectivity index (χ3n) is 4.96. The molecule has 29 heavy (non-hydrogen) atoms. The van der Waals surface area contributed by atoms with Gasteiger partial charge in [0.1, 0.15) is 12.3 Å². The summed E-state index contributed by atoms with van der Waals surface area (Å²) in [5, 5.41) is 10.3. The van der Waals surface area contributed by atoms with E-state index in [9.17, 15) is 14.7 Å². The molecule has 0 spiro atoms. The highest BCUT2D eigenvalue weighted by atomic mass is 32.5. The van der Waals surface area contributed by atoms with E-state index in [1.54, 1.807) is 13.6 Å². The first-order valence-electron chi connectivity index (χ1n) is 10.3. The van der Waals surface area contributed by atoms with Crippen molar-refractivity contribution in [3.8, 4) is 0 Å². The predicted octanol–water partition coefficient (Wildman–Crippen LogP) is 2.83. The summed E-state index contributed by atoms with van der Waals surface area (Å²) in [6.07, 6.45) is 6.62. The van der Waals surface area contributed by atoms with E-state index in [4.69, 9.17) is 25.6 Å². The van der Waals surface area contributed by atoms with Crippen LogP contribution < -0.4 is 11.2 Å². The number of hydrogen-bond acceptors (Lipinski definition) is 7. The topological polar surface area (TPSA) is 103 Å². The van der Waals surface area contributed by atoms with Gasteiger partial charge in [0.25, 0.3) is 5.56 Å². The molecule has 166 valence electrons. The third-order valence-corrected chi connectivity index (χ3v) is 6.86. The summed E-state index contributed by atoms with van der Waals surface area (Å²) >= 11 is 5.45. The van der Waals surface area contributed by atoms with Gasteiger partial charge in [0.05, 0.1) is 19.3 Å². The van der Waals surface area contributed by atoms with Gasteiger partial charge < -0.3 is 18.9 Å². The number of hydrogen-bond donors (Lipinski definition) is 2. The Hall–Kier alpha value is -0.830. The van der Waals surface area contributed by atoms with E-state index in [2.05, 4.69) is 11.9 Å². The largest absolute Gasteiger partial charge is 0.390 e. The average molecular weight is 449 g/mol. The standard InChI is InChI=1S/C19H33N2O6PS/c1-4-5-6-7-8-9-10-25-28(3,29)26-13-16-15(22)11-17(27-16)21-12-14(2)18(23)20-19(21)24/h12,15-17,22H,4-11,13H2,1-3H3,(H,20,23,24)/t15?,16-,17-,28?/m1/s1. The Morgan fingerprint density at radius 3 is 2.69 bits per heavy atom. The normalized spacial score (nSPS) is 23.9. The zero-order valence-electron chi connectivity index (χ0n) is 17.5. The lowest BCUT2D eigenvalue weighted by atomic mass is 10.1. The third kappa shape index (κ3) is 7.74. The second-order valence-electron chi connectivity index (χ2n) is 7.58. The van der Waals surface area contributed by atoms with Crippen molar-refractivity contribution >= 4 is 18.3 Å². The van der Waals surface area contributed by atoms with E-state index in [0.717, 1.165) is 12.8 Å². The van der Waals surface area contributed by atoms with Crippen molar-refractivity contribution in [2.45, 2.75) is 77.2 Å². The van der Waals surface area contributed by atoms with Gasteiger partial charge in [0.2, 0.25) is 0 Å². The lowest BCUT2D eigenvalue weighted by molar-refractivity contribution is -0.0413. The van der Waals surface area contributed by atoms with Crippen LogP contribution in [0.2, 0.25) is 0 Å². The molecule has 10 heteroatoms. The van der Waals surface area contributed by atoms with Gasteiger partial charge in [-0.25, -0.2) is 4.79 Å². The molecular weight excluding hydrogens is 415 g/mol. The number of aliphatic hydroxyl groups excluding tert-OH is 1. The molecule has 2 N–H and O–H groups in total. The lowest BCUT2D eigenvalue weighted by Crippen LogP contribution is -2.33. The quantitative estimate of drug-likeness (QED) is 0.374. The van der Waals surface area contributed by atoms with Crippen LogP contribution in [0.25, 0.3) is 0 Å². The molecule has 0 bridgehead atoms. The maximum Gasteiger partial charge on any atom is 0.330 e. The SMILES string of the molecule is CCCCCCCCOP(C)(=S)OC[C@H]1O[C@@H](n2cc(C)c(=O)[nH]c2=O)CC1O. The molecule has 0 aromatic carbocycles. The summed E-state index contributed by atoms with van der Waals surface area (Å²) in [6, 6.07) is 0. The number of nitrogens with one attached hydrogen (secondary N) is 1. The van der Waals surface area contributed by atoms with Crippen molar-refractivity contribution < 1.29 is 18.9 Å². The molecule has 1 aliphatic heterocycles. The number of nitrogens with zero attached hydrogens (tertiary/aromatic N) is 1. The Morgan fingerprint density at radius 2 is 1.97 bits per heavy atom. The Morgan fingerprint density at radius 1 is 1.28 bits per heavy atom. The van der Waals surface area contributed by atoms with E-state index in [0.29, 0.717) is 12.2 Å². The van der Waals surface area contributed by atoms with Gasteiger partial charge in [-0.3, -0.25) is 14.3 Å². The van der Waals surface area contributed by atoms with E-state index < -0.39 is 36.2 Å². The van der Waals surface area contributed by atoms with Gasteiger partial charge >= 0.3 is 5.69 Å². The van der Waals surface area contributed by atoms with Crippen LogP contribution in [0.1, 0.15) is 63.7 Å². The fourth-order valence-corrected chi connectivity index (χ4v) is 4.55. The zero-order valence-corrected chi connectivity index (χ0v) is 19.2. The minimum absolute atomic E-state index is 0.0963. The van der Waals surface area contributed by atoms with Crippen LogP contribution in [-0.2, 0) is 25.6 Å². The molecule has 8 nitrogen and oxygen atoms in total. The summed E-state index contributed by atoms with van der Waals surface area (Å²) in [6.45, 7) is 3.82. The van der Waals surface area contributed by atoms with E-state index in [-0.39, 0.29) is 13.0 Å². The van der Waals surface area contributed by atoms with E-state index in [1.807, 2.05) is 0 Å². The molecule has 2 unspecified atom stereocenters. The molecule has 1 aromatic rings. The molecule has 0 saturated carbocycles. The van der Waals surface area contributed by atoms with Crippen molar-refractivity contribution in [1.29, 1.82) is 0 Å². The summed E-state index contributed by atoms with van der Waals surface area (Å²) in [5.74, 6) is 0. The molecule has 0 aliphatic carbocycles. The van der Waals surface area contributed by atoms with Crippen LogP contribution in [0.4, 0.5) is 0 Å². The van der Waals surface area contributed by atoms with Gasteiger partial charge in [-0.05, 0) is 25.2 Å². The maximum atomic E-state index is 12.0. The van der Waals surface area contributed by atoms with Gasteiger partial charge in [-0.15, -0.1) is 0 Å². The van der Waals surface area contributed by atoms with Crippen molar-refractivity contribution in [3.63, 3.8) is 0 Å². The van der Waals surface area contributed by atoms with Gasteiger partial charge in [-0.1, -0.05) is 39.0 Å². The summed E-state index contributed by atoms with van der Waals surface area (Å²) in [5.41, 5.74) is -0.601. The highest BCUT2D eigenvalue weighted by molar-refractivity contribution is 8.09. The number of ether oxygens (including phenoxy) is 1. The number of aromatic nitrogens is 2. The molecule has 1 aliphatic rings. The average Bonchev–Trinajstić information content (AvgIpc) is 3.03. The molecule has 1 saturated heterocycles. The maximum absolute atomic E-state index is 12.0. The number of rotatable bonds is 12. The van der Waals surface area contributed by atoms with Crippen LogP contribution in [0.5, 0.6) is 0 Å². The number of aromatic amines is 1. The summed E-state index contributed by atoms with van der Waals surface area (Å²) in [7, 11) is 0. The predicted molar refractivity (Wildman–Crippen MR) is 116 cm³/mol. The smallest absolute Gasteiger partial charge is 0.330 e.